The van der Waals surface area contributed by atoms with E-state index in [4.69, 9.17) is 16.9 Å². The molecule has 0 amide bonds. The molecule has 5 heteroatoms. The summed E-state index contributed by atoms with van der Waals surface area (Å²) in [4.78, 5) is 0. The lowest BCUT2D eigenvalue weighted by Gasteiger charge is -2.00. The van der Waals surface area contributed by atoms with Crippen molar-refractivity contribution in [3.05, 3.63) is 41.2 Å². The minimum Gasteiger partial charge on any atom is -0.203 e. The van der Waals surface area contributed by atoms with Crippen LogP contribution in [-0.2, 0) is 0 Å². The summed E-state index contributed by atoms with van der Waals surface area (Å²) in [6.45, 7) is 0. The molecule has 1 aromatic carbocycles. The second kappa shape index (κ2) is 3.48. The Morgan fingerprint density at radius 1 is 1.29 bits per heavy atom. The van der Waals surface area contributed by atoms with Crippen LogP contribution in [0, 0.1) is 11.3 Å². The third-order valence-corrected chi connectivity index (χ3v) is 1.99. The van der Waals surface area contributed by atoms with Gasteiger partial charge in [-0.2, -0.15) is 5.26 Å². The van der Waals surface area contributed by atoms with Gasteiger partial charge >= 0.3 is 0 Å². The maximum atomic E-state index is 8.75. The molecule has 2 aromatic rings. The van der Waals surface area contributed by atoms with Crippen LogP contribution in [0.5, 0.6) is 0 Å². The lowest BCUT2D eigenvalue weighted by atomic mass is 10.3. The lowest BCUT2D eigenvalue weighted by Crippen LogP contribution is -1.98. The maximum Gasteiger partial charge on any atom is 0.164 e. The average Bonchev–Trinajstić information content (AvgIpc) is 2.67. The molecule has 0 radical (unpaired) electrons. The largest absolute Gasteiger partial charge is 0.203 e. The van der Waals surface area contributed by atoms with Crippen LogP contribution >= 0.6 is 11.6 Å². The highest BCUT2D eigenvalue weighted by Gasteiger charge is 2.04. The Morgan fingerprint density at radius 3 is 2.64 bits per heavy atom. The molecular formula is C9H5ClN4. The Balaban J connectivity index is 2.50. The highest BCUT2D eigenvalue weighted by Crippen LogP contribution is 2.13. The fourth-order valence-corrected chi connectivity index (χ4v) is 1.21. The molecule has 0 saturated carbocycles. The van der Waals surface area contributed by atoms with Crippen LogP contribution in [0.1, 0.15) is 5.69 Å². The number of aromatic nitrogens is 3. The Hall–Kier alpha value is -1.86. The summed E-state index contributed by atoms with van der Waals surface area (Å²) in [7, 11) is 0. The third-order valence-electron chi connectivity index (χ3n) is 1.74. The molecule has 1 aromatic heterocycles. The number of rotatable bonds is 1. The van der Waals surface area contributed by atoms with E-state index in [9.17, 15) is 0 Å². The van der Waals surface area contributed by atoms with Crippen LogP contribution in [0.4, 0.5) is 0 Å². The Labute approximate surface area is 85.3 Å². The van der Waals surface area contributed by atoms with Gasteiger partial charge in [-0.25, -0.2) is 4.68 Å². The van der Waals surface area contributed by atoms with E-state index in [0.29, 0.717) is 10.7 Å². The first-order valence-electron chi connectivity index (χ1n) is 3.88. The summed E-state index contributed by atoms with van der Waals surface area (Å²) in [5.41, 5.74) is 1.16. The van der Waals surface area contributed by atoms with Gasteiger partial charge in [0.15, 0.2) is 5.69 Å². The molecule has 0 aliphatic rings. The molecule has 1 heterocycles. The summed E-state index contributed by atoms with van der Waals surface area (Å²) in [5.74, 6) is 0. The zero-order valence-electron chi connectivity index (χ0n) is 7.05. The first kappa shape index (κ1) is 8.73. The van der Waals surface area contributed by atoms with Gasteiger partial charge in [0, 0.05) is 5.02 Å². The highest BCUT2D eigenvalue weighted by molar-refractivity contribution is 6.30. The van der Waals surface area contributed by atoms with Crippen molar-refractivity contribution in [3.8, 4) is 11.8 Å². The molecule has 68 valence electrons. The molecule has 14 heavy (non-hydrogen) atoms. The van der Waals surface area contributed by atoms with Gasteiger partial charge in [0.1, 0.15) is 6.07 Å². The lowest BCUT2D eigenvalue weighted by molar-refractivity contribution is 0.796. The third kappa shape index (κ3) is 1.45. The van der Waals surface area contributed by atoms with Gasteiger partial charge in [-0.15, -0.1) is 5.10 Å². The monoisotopic (exact) mass is 204 g/mol. The number of nitriles is 1. The van der Waals surface area contributed by atoms with E-state index in [-0.39, 0.29) is 0 Å². The summed E-state index contributed by atoms with van der Waals surface area (Å²) in [6, 6.07) is 9.02. The molecular weight excluding hydrogens is 200 g/mol. The van der Waals surface area contributed by atoms with Gasteiger partial charge in [0.25, 0.3) is 0 Å². The average molecular weight is 205 g/mol. The number of nitrogens with zero attached hydrogens (tertiary/aromatic N) is 4. The molecule has 0 fully saturated rings. The zero-order chi connectivity index (χ0) is 9.97. The van der Waals surface area contributed by atoms with Crippen molar-refractivity contribution in [1.29, 1.82) is 5.26 Å². The molecule has 4 nitrogen and oxygen atoms in total. The number of hydrogen-bond acceptors (Lipinski definition) is 3. The van der Waals surface area contributed by atoms with E-state index >= 15 is 0 Å². The van der Waals surface area contributed by atoms with E-state index < -0.39 is 0 Å². The number of halogens is 1. The zero-order valence-corrected chi connectivity index (χ0v) is 7.81. The van der Waals surface area contributed by atoms with E-state index in [1.165, 1.54) is 10.9 Å². The number of hydrogen-bond donors (Lipinski definition) is 0. The van der Waals surface area contributed by atoms with Crippen molar-refractivity contribution in [2.45, 2.75) is 0 Å². The Kier molecular flexibility index (Phi) is 2.17. The van der Waals surface area contributed by atoms with Gasteiger partial charge in [-0.1, -0.05) is 16.8 Å². The SMILES string of the molecule is N#Cc1cnnn1-c1ccc(Cl)cc1. The van der Waals surface area contributed by atoms with Gasteiger partial charge < -0.3 is 0 Å². The first-order valence-corrected chi connectivity index (χ1v) is 4.26. The van der Waals surface area contributed by atoms with E-state index in [1.807, 2.05) is 6.07 Å². The highest BCUT2D eigenvalue weighted by atomic mass is 35.5. The Bertz CT molecular complexity index is 480. The standard InChI is InChI=1S/C9H5ClN4/c10-7-1-3-8(4-2-7)14-9(5-11)6-12-13-14/h1-4,6H. The summed E-state index contributed by atoms with van der Waals surface area (Å²) in [6.07, 6.45) is 1.41. The summed E-state index contributed by atoms with van der Waals surface area (Å²) >= 11 is 5.74. The smallest absolute Gasteiger partial charge is 0.164 e. The molecule has 0 bridgehead atoms. The van der Waals surface area contributed by atoms with Crippen LogP contribution in [0.2, 0.25) is 5.02 Å². The van der Waals surface area contributed by atoms with Crippen LogP contribution in [0.3, 0.4) is 0 Å². The molecule has 0 aliphatic heterocycles. The minimum absolute atomic E-state index is 0.396. The minimum atomic E-state index is 0.396. The summed E-state index contributed by atoms with van der Waals surface area (Å²) in [5, 5.41) is 16.8. The topological polar surface area (TPSA) is 54.5 Å². The van der Waals surface area contributed by atoms with Crippen molar-refractivity contribution < 1.29 is 0 Å². The first-order chi connectivity index (χ1) is 6.81. The predicted molar refractivity (Wildman–Crippen MR) is 51.1 cm³/mol. The predicted octanol–water partition coefficient (Wildman–Crippen LogP) is 1.79. The molecule has 0 aliphatic carbocycles. The summed E-state index contributed by atoms with van der Waals surface area (Å²) < 4.78 is 1.45. The van der Waals surface area contributed by atoms with Crippen molar-refractivity contribution in [2.24, 2.45) is 0 Å². The van der Waals surface area contributed by atoms with Crippen LogP contribution in [0.25, 0.3) is 5.69 Å². The van der Waals surface area contributed by atoms with Crippen LogP contribution in [-0.4, -0.2) is 15.0 Å². The van der Waals surface area contributed by atoms with Crippen LogP contribution in [0.15, 0.2) is 30.5 Å². The molecule has 2 rings (SSSR count). The van der Waals surface area contributed by atoms with Gasteiger partial charge in [-0.3, -0.25) is 0 Å². The Morgan fingerprint density at radius 2 is 2.00 bits per heavy atom. The molecule has 0 N–H and O–H groups in total. The van der Waals surface area contributed by atoms with Crippen molar-refractivity contribution in [3.63, 3.8) is 0 Å². The van der Waals surface area contributed by atoms with Crippen LogP contribution < -0.4 is 0 Å². The van der Waals surface area contributed by atoms with E-state index in [1.54, 1.807) is 24.3 Å². The molecule has 0 spiro atoms. The van der Waals surface area contributed by atoms with E-state index in [0.717, 1.165) is 5.69 Å². The van der Waals surface area contributed by atoms with Gasteiger partial charge in [0.2, 0.25) is 0 Å². The second-order valence-electron chi connectivity index (χ2n) is 2.62. The van der Waals surface area contributed by atoms with Crippen molar-refractivity contribution in [1.82, 2.24) is 15.0 Å². The van der Waals surface area contributed by atoms with Crippen molar-refractivity contribution in [2.75, 3.05) is 0 Å². The molecule has 0 atom stereocenters. The van der Waals surface area contributed by atoms with E-state index in [2.05, 4.69) is 10.3 Å². The van der Waals surface area contributed by atoms with Gasteiger partial charge in [0.05, 0.1) is 11.9 Å². The quantitative estimate of drug-likeness (QED) is 0.712. The fraction of sp³-hybridized carbons (Fsp3) is 0. The van der Waals surface area contributed by atoms with Crippen molar-refractivity contribution >= 4 is 11.6 Å². The second-order valence-corrected chi connectivity index (χ2v) is 3.06. The van der Waals surface area contributed by atoms with Gasteiger partial charge in [-0.05, 0) is 24.3 Å². The maximum absolute atomic E-state index is 8.75. The molecule has 0 saturated heterocycles. The fourth-order valence-electron chi connectivity index (χ4n) is 1.08. The normalized spacial score (nSPS) is 9.71. The molecule has 0 unspecified atom stereocenters. The number of benzene rings is 1.